The number of carbonyl (C=O) groups excluding carboxylic acids is 2. The predicted molar refractivity (Wildman–Crippen MR) is 90.5 cm³/mol. The molecule has 0 heterocycles. The minimum absolute atomic E-state index is 0.0887. The number of amides is 2. The van der Waals surface area contributed by atoms with Gasteiger partial charge in [0.05, 0.1) is 10.8 Å². The summed E-state index contributed by atoms with van der Waals surface area (Å²) in [5, 5.41) is 9.79. The second-order valence-electron chi connectivity index (χ2n) is 4.67. The molecule has 0 saturated carbocycles. The van der Waals surface area contributed by atoms with Crippen LogP contribution in [0.4, 0.5) is 0 Å². The van der Waals surface area contributed by atoms with Crippen LogP contribution in [0.2, 0.25) is 5.02 Å². The molecule has 23 heavy (non-hydrogen) atoms. The Morgan fingerprint density at radius 1 is 1.09 bits per heavy atom. The first-order valence-electron chi connectivity index (χ1n) is 6.78. The average Bonchev–Trinajstić information content (AvgIpc) is 2.54. The van der Waals surface area contributed by atoms with E-state index in [0.717, 1.165) is 4.90 Å². The van der Waals surface area contributed by atoms with Crippen LogP contribution in [0.15, 0.2) is 53.4 Å². The fourth-order valence-electron chi connectivity index (χ4n) is 1.72. The molecule has 2 aromatic carbocycles. The van der Waals surface area contributed by atoms with Crippen LogP contribution >= 0.6 is 23.4 Å². The van der Waals surface area contributed by atoms with Gasteiger partial charge in [-0.2, -0.15) is 0 Å². The number of carbonyl (C=O) groups is 2. The van der Waals surface area contributed by atoms with Crippen molar-refractivity contribution in [1.29, 1.82) is 0 Å². The number of nitrogens with one attached hydrogen (secondary N) is 2. The molecule has 2 rings (SSSR count). The van der Waals surface area contributed by atoms with Gasteiger partial charge in [-0.05, 0) is 43.3 Å². The molecule has 3 N–H and O–H groups in total. The fourth-order valence-corrected chi connectivity index (χ4v) is 2.72. The summed E-state index contributed by atoms with van der Waals surface area (Å²) in [5.41, 5.74) is 4.71. The van der Waals surface area contributed by atoms with Gasteiger partial charge in [0.1, 0.15) is 5.75 Å². The largest absolute Gasteiger partial charge is 0.507 e. The molecule has 2 amide bonds. The lowest BCUT2D eigenvalue weighted by atomic mass is 10.2. The smallest absolute Gasteiger partial charge is 0.273 e. The Balaban J connectivity index is 1.87. The van der Waals surface area contributed by atoms with Crippen molar-refractivity contribution in [2.24, 2.45) is 0 Å². The van der Waals surface area contributed by atoms with Crippen LogP contribution in [0, 0.1) is 0 Å². The number of hydrazine groups is 1. The van der Waals surface area contributed by atoms with E-state index in [1.54, 1.807) is 31.2 Å². The molecule has 0 fully saturated rings. The van der Waals surface area contributed by atoms with Gasteiger partial charge in [-0.15, -0.1) is 11.8 Å². The zero-order valence-corrected chi connectivity index (χ0v) is 13.8. The van der Waals surface area contributed by atoms with E-state index in [0.29, 0.717) is 5.02 Å². The SMILES string of the molecule is C[C@H](Sc1ccc(Cl)cc1)C(=O)NNC(=O)c1ccccc1O. The molecule has 1 atom stereocenters. The highest BCUT2D eigenvalue weighted by Gasteiger charge is 2.16. The first-order chi connectivity index (χ1) is 11.0. The maximum atomic E-state index is 12.0. The zero-order chi connectivity index (χ0) is 16.8. The number of halogens is 1. The number of benzene rings is 2. The first kappa shape index (κ1) is 17.2. The van der Waals surface area contributed by atoms with Crippen molar-refractivity contribution >= 4 is 35.2 Å². The summed E-state index contributed by atoms with van der Waals surface area (Å²) in [6.07, 6.45) is 0. The molecular weight excluding hydrogens is 336 g/mol. The Kier molecular flexibility index (Phi) is 5.90. The lowest BCUT2D eigenvalue weighted by Gasteiger charge is -2.13. The van der Waals surface area contributed by atoms with Crippen LogP contribution in [0.3, 0.4) is 0 Å². The van der Waals surface area contributed by atoms with Gasteiger partial charge in [-0.3, -0.25) is 20.4 Å². The normalized spacial score (nSPS) is 11.6. The average molecular weight is 351 g/mol. The van der Waals surface area contributed by atoms with Crippen LogP contribution in [0.25, 0.3) is 0 Å². The van der Waals surface area contributed by atoms with Crippen molar-refractivity contribution in [3.05, 3.63) is 59.1 Å². The van der Waals surface area contributed by atoms with Gasteiger partial charge < -0.3 is 5.11 Å². The number of phenols is 1. The van der Waals surface area contributed by atoms with E-state index >= 15 is 0 Å². The zero-order valence-electron chi connectivity index (χ0n) is 12.2. The lowest BCUT2D eigenvalue weighted by Crippen LogP contribution is -2.44. The Morgan fingerprint density at radius 3 is 2.39 bits per heavy atom. The standard InChI is InChI=1S/C16H15ClN2O3S/c1-10(23-12-8-6-11(17)7-9-12)15(21)18-19-16(22)13-4-2-3-5-14(13)20/h2-10,20H,1H3,(H,18,21)(H,19,22)/t10-/m0/s1. The van der Waals surface area contributed by atoms with Crippen molar-refractivity contribution in [2.45, 2.75) is 17.1 Å². The molecule has 0 aromatic heterocycles. The number of hydrogen-bond acceptors (Lipinski definition) is 4. The van der Waals surface area contributed by atoms with Gasteiger partial charge in [-0.1, -0.05) is 23.7 Å². The Labute approximate surface area is 143 Å². The van der Waals surface area contributed by atoms with Gasteiger partial charge in [-0.25, -0.2) is 0 Å². The van der Waals surface area contributed by atoms with Gasteiger partial charge >= 0.3 is 0 Å². The van der Waals surface area contributed by atoms with Crippen LogP contribution in [-0.4, -0.2) is 22.2 Å². The van der Waals surface area contributed by atoms with Crippen molar-refractivity contribution < 1.29 is 14.7 Å². The van der Waals surface area contributed by atoms with Crippen molar-refractivity contribution in [1.82, 2.24) is 10.9 Å². The van der Waals surface area contributed by atoms with Gasteiger partial charge in [0.2, 0.25) is 0 Å². The minimum atomic E-state index is -0.583. The molecular formula is C16H15ClN2O3S. The van der Waals surface area contributed by atoms with Crippen LogP contribution in [0.1, 0.15) is 17.3 Å². The molecule has 5 nitrogen and oxygen atoms in total. The highest BCUT2D eigenvalue weighted by molar-refractivity contribution is 8.00. The van der Waals surface area contributed by atoms with Crippen molar-refractivity contribution in [2.75, 3.05) is 0 Å². The van der Waals surface area contributed by atoms with E-state index in [4.69, 9.17) is 11.6 Å². The van der Waals surface area contributed by atoms with Crippen molar-refractivity contribution in [3.8, 4) is 5.75 Å². The van der Waals surface area contributed by atoms with Gasteiger partial charge in [0.25, 0.3) is 11.8 Å². The fraction of sp³-hybridized carbons (Fsp3) is 0.125. The second kappa shape index (κ2) is 7.89. The molecule has 0 spiro atoms. The van der Waals surface area contributed by atoms with E-state index in [2.05, 4.69) is 10.9 Å². The van der Waals surface area contributed by atoms with Crippen LogP contribution in [-0.2, 0) is 4.79 Å². The molecule has 7 heteroatoms. The quantitative estimate of drug-likeness (QED) is 0.585. The molecule has 0 radical (unpaired) electrons. The maximum absolute atomic E-state index is 12.0. The second-order valence-corrected chi connectivity index (χ2v) is 6.53. The Morgan fingerprint density at radius 2 is 1.74 bits per heavy atom. The number of hydrogen-bond donors (Lipinski definition) is 3. The maximum Gasteiger partial charge on any atom is 0.273 e. The molecule has 0 aliphatic rings. The van der Waals surface area contributed by atoms with E-state index in [1.807, 2.05) is 12.1 Å². The summed E-state index contributed by atoms with van der Waals surface area (Å²) in [7, 11) is 0. The van der Waals surface area contributed by atoms with Crippen LogP contribution in [0.5, 0.6) is 5.75 Å². The number of rotatable bonds is 4. The number of thioether (sulfide) groups is 1. The summed E-state index contributed by atoms with van der Waals surface area (Å²) in [4.78, 5) is 24.8. The third-order valence-electron chi connectivity index (χ3n) is 2.94. The lowest BCUT2D eigenvalue weighted by molar-refractivity contribution is -0.121. The first-order valence-corrected chi connectivity index (χ1v) is 8.03. The van der Waals surface area contributed by atoms with Gasteiger partial charge in [0, 0.05) is 9.92 Å². The van der Waals surface area contributed by atoms with Crippen LogP contribution < -0.4 is 10.9 Å². The number of para-hydroxylation sites is 1. The molecule has 0 aliphatic heterocycles. The topological polar surface area (TPSA) is 78.4 Å². The highest BCUT2D eigenvalue weighted by Crippen LogP contribution is 2.24. The summed E-state index contributed by atoms with van der Waals surface area (Å²) >= 11 is 7.15. The molecule has 2 aromatic rings. The Hall–Kier alpha value is -2.18. The third-order valence-corrected chi connectivity index (χ3v) is 4.31. The number of phenolic OH excluding ortho intramolecular Hbond substituents is 1. The monoisotopic (exact) mass is 350 g/mol. The predicted octanol–water partition coefficient (Wildman–Crippen LogP) is 2.99. The molecule has 0 saturated heterocycles. The summed E-state index contributed by atoms with van der Waals surface area (Å²) < 4.78 is 0. The molecule has 0 bridgehead atoms. The third kappa shape index (κ3) is 4.91. The number of aromatic hydroxyl groups is 1. The highest BCUT2D eigenvalue weighted by atomic mass is 35.5. The summed E-state index contributed by atoms with van der Waals surface area (Å²) in [6.45, 7) is 1.72. The van der Waals surface area contributed by atoms with Gasteiger partial charge in [0.15, 0.2) is 0 Å². The molecule has 120 valence electrons. The Bertz CT molecular complexity index is 707. The minimum Gasteiger partial charge on any atom is -0.507 e. The summed E-state index contributed by atoms with van der Waals surface area (Å²) in [5.74, 6) is -1.09. The van der Waals surface area contributed by atoms with E-state index in [-0.39, 0.29) is 17.2 Å². The summed E-state index contributed by atoms with van der Waals surface area (Å²) in [6, 6.07) is 13.2. The van der Waals surface area contributed by atoms with E-state index < -0.39 is 11.2 Å². The van der Waals surface area contributed by atoms with Crippen molar-refractivity contribution in [3.63, 3.8) is 0 Å². The molecule has 0 aliphatic carbocycles. The van der Waals surface area contributed by atoms with E-state index in [9.17, 15) is 14.7 Å². The van der Waals surface area contributed by atoms with E-state index in [1.165, 1.54) is 23.9 Å². The molecule has 0 unspecified atom stereocenters.